The van der Waals surface area contributed by atoms with Gasteiger partial charge in [-0.1, -0.05) is 6.92 Å². The van der Waals surface area contributed by atoms with E-state index in [1.165, 1.54) is 14.2 Å². The quantitative estimate of drug-likeness (QED) is 0.596. The zero-order valence-corrected chi connectivity index (χ0v) is 10.4. The van der Waals surface area contributed by atoms with Gasteiger partial charge in [-0.15, -0.1) is 0 Å². The van der Waals surface area contributed by atoms with Gasteiger partial charge in [-0.2, -0.15) is 0 Å². The van der Waals surface area contributed by atoms with Crippen LogP contribution in [0.4, 0.5) is 11.5 Å². The van der Waals surface area contributed by atoms with Crippen LogP contribution in [0.1, 0.15) is 13.3 Å². The van der Waals surface area contributed by atoms with E-state index in [0.29, 0.717) is 6.42 Å². The molecule has 0 spiro atoms. The molecule has 1 heterocycles. The predicted octanol–water partition coefficient (Wildman–Crippen LogP) is -0.981. The molecule has 0 saturated carbocycles. The molecule has 100 valence electrons. The third-order valence-corrected chi connectivity index (χ3v) is 2.58. The van der Waals surface area contributed by atoms with Crippen LogP contribution in [0.25, 0.3) is 0 Å². The molecule has 4 N–H and O–H groups in total. The summed E-state index contributed by atoms with van der Waals surface area (Å²) in [6.07, 6.45) is 0.411. The van der Waals surface area contributed by atoms with Crippen molar-refractivity contribution in [1.29, 1.82) is 0 Å². The van der Waals surface area contributed by atoms with Gasteiger partial charge in [0.2, 0.25) is 0 Å². The maximum atomic E-state index is 11.6. The lowest BCUT2D eigenvalue weighted by Crippen LogP contribution is -2.37. The first kappa shape index (κ1) is 13.8. The fourth-order valence-corrected chi connectivity index (χ4v) is 1.42. The number of esters is 1. The van der Waals surface area contributed by atoms with Crippen LogP contribution in [0, 0.1) is 0 Å². The average molecular weight is 256 g/mol. The van der Waals surface area contributed by atoms with E-state index in [2.05, 4.69) is 15.0 Å². The van der Waals surface area contributed by atoms with Crippen molar-refractivity contribution in [3.63, 3.8) is 0 Å². The van der Waals surface area contributed by atoms with E-state index in [4.69, 9.17) is 5.73 Å². The number of H-pyrrole nitrogens is 1. The van der Waals surface area contributed by atoms with Gasteiger partial charge in [0.05, 0.1) is 7.11 Å². The van der Waals surface area contributed by atoms with E-state index in [9.17, 15) is 14.4 Å². The monoisotopic (exact) mass is 256 g/mol. The number of carbonyl (C=O) groups is 1. The number of rotatable bonds is 4. The number of nitrogens with two attached hydrogens (primary N) is 1. The van der Waals surface area contributed by atoms with Crippen molar-refractivity contribution >= 4 is 17.5 Å². The summed E-state index contributed by atoms with van der Waals surface area (Å²) < 4.78 is 5.66. The molecule has 0 radical (unpaired) electrons. The van der Waals surface area contributed by atoms with Gasteiger partial charge in [0.25, 0.3) is 5.56 Å². The lowest BCUT2D eigenvalue weighted by Gasteiger charge is -2.17. The van der Waals surface area contributed by atoms with Crippen LogP contribution in [0.3, 0.4) is 0 Å². The highest BCUT2D eigenvalue weighted by molar-refractivity contribution is 5.80. The van der Waals surface area contributed by atoms with Crippen molar-refractivity contribution < 1.29 is 9.53 Å². The second-order valence-electron chi connectivity index (χ2n) is 3.71. The number of aromatic amines is 1. The number of methoxy groups -OCH3 is 1. The van der Waals surface area contributed by atoms with Crippen LogP contribution >= 0.6 is 0 Å². The molecule has 0 aromatic carbocycles. The summed E-state index contributed by atoms with van der Waals surface area (Å²) >= 11 is 0. The molecule has 0 aliphatic rings. The van der Waals surface area contributed by atoms with Gasteiger partial charge >= 0.3 is 11.7 Å². The minimum Gasteiger partial charge on any atom is -0.467 e. The summed E-state index contributed by atoms with van der Waals surface area (Å²) in [6, 6.07) is -0.698. The van der Waals surface area contributed by atoms with E-state index >= 15 is 0 Å². The third-order valence-electron chi connectivity index (χ3n) is 2.58. The second kappa shape index (κ2) is 5.39. The van der Waals surface area contributed by atoms with Crippen LogP contribution in [-0.4, -0.2) is 28.7 Å². The molecule has 8 heteroatoms. The Bertz CT molecular complexity index is 560. The van der Waals surface area contributed by atoms with Crippen LogP contribution in [-0.2, 0) is 16.6 Å². The molecule has 0 bridgehead atoms. The van der Waals surface area contributed by atoms with E-state index in [1.807, 2.05) is 0 Å². The standard InChI is InChI=1S/C10H16N4O4/c1-4-5(9(16)18-3)12-6-7(11)14(2)10(17)13-8(6)15/h5,12H,4,11H2,1-3H3,(H,13,15,17). The van der Waals surface area contributed by atoms with Gasteiger partial charge in [0, 0.05) is 7.05 Å². The number of hydrogen-bond acceptors (Lipinski definition) is 6. The van der Waals surface area contributed by atoms with E-state index in [0.717, 1.165) is 4.57 Å². The number of anilines is 2. The fraction of sp³-hybridized carbons (Fsp3) is 0.500. The molecule has 0 aliphatic carbocycles. The SMILES string of the molecule is CCC(Nc1c(N)n(C)c(=O)[nH]c1=O)C(=O)OC. The van der Waals surface area contributed by atoms with Crippen molar-refractivity contribution in [3.8, 4) is 0 Å². The van der Waals surface area contributed by atoms with E-state index < -0.39 is 23.3 Å². The minimum atomic E-state index is -0.698. The predicted molar refractivity (Wildman–Crippen MR) is 66.4 cm³/mol. The number of aromatic nitrogens is 2. The normalized spacial score (nSPS) is 11.9. The first-order valence-electron chi connectivity index (χ1n) is 5.35. The van der Waals surface area contributed by atoms with E-state index in [-0.39, 0.29) is 11.5 Å². The van der Waals surface area contributed by atoms with Crippen LogP contribution in [0.5, 0.6) is 0 Å². The summed E-state index contributed by atoms with van der Waals surface area (Å²) in [7, 11) is 2.67. The Balaban J connectivity index is 3.19. The van der Waals surface area contributed by atoms with Crippen LogP contribution < -0.4 is 22.3 Å². The molecule has 8 nitrogen and oxygen atoms in total. The topological polar surface area (TPSA) is 119 Å². The van der Waals surface area contributed by atoms with Gasteiger partial charge in [-0.05, 0) is 6.42 Å². The third kappa shape index (κ3) is 2.53. The van der Waals surface area contributed by atoms with E-state index in [1.54, 1.807) is 6.92 Å². The molecule has 18 heavy (non-hydrogen) atoms. The van der Waals surface area contributed by atoms with Crippen molar-refractivity contribution in [1.82, 2.24) is 9.55 Å². The van der Waals surface area contributed by atoms with Gasteiger partial charge < -0.3 is 15.8 Å². The molecule has 0 aliphatic heterocycles. The Morgan fingerprint density at radius 1 is 1.56 bits per heavy atom. The highest BCUT2D eigenvalue weighted by Crippen LogP contribution is 2.11. The largest absolute Gasteiger partial charge is 0.467 e. The molecule has 1 atom stereocenters. The summed E-state index contributed by atoms with van der Waals surface area (Å²) in [5.74, 6) is -0.545. The van der Waals surface area contributed by atoms with Gasteiger partial charge in [-0.3, -0.25) is 14.3 Å². The Labute approximate surface area is 103 Å². The Morgan fingerprint density at radius 2 is 2.17 bits per heavy atom. The zero-order chi connectivity index (χ0) is 13.9. The van der Waals surface area contributed by atoms with Gasteiger partial charge in [0.1, 0.15) is 17.5 Å². The highest BCUT2D eigenvalue weighted by Gasteiger charge is 2.20. The summed E-state index contributed by atoms with van der Waals surface area (Å²) in [5, 5.41) is 2.68. The number of nitrogens with zero attached hydrogens (tertiary/aromatic N) is 1. The smallest absolute Gasteiger partial charge is 0.329 e. The first-order chi connectivity index (χ1) is 8.42. The molecular formula is C10H16N4O4. The fourth-order valence-electron chi connectivity index (χ4n) is 1.42. The molecule has 1 unspecified atom stereocenters. The van der Waals surface area contributed by atoms with Crippen molar-refractivity contribution in [2.24, 2.45) is 7.05 Å². The van der Waals surface area contributed by atoms with Crippen molar-refractivity contribution in [2.45, 2.75) is 19.4 Å². The Hall–Kier alpha value is -2.25. The summed E-state index contributed by atoms with van der Waals surface area (Å²) in [5.41, 5.74) is 4.35. The molecule has 1 aromatic rings. The molecular weight excluding hydrogens is 240 g/mol. The maximum absolute atomic E-state index is 11.6. The van der Waals surface area contributed by atoms with Crippen molar-refractivity contribution in [2.75, 3.05) is 18.2 Å². The Kier molecular flexibility index (Phi) is 4.13. The second-order valence-corrected chi connectivity index (χ2v) is 3.71. The lowest BCUT2D eigenvalue weighted by molar-refractivity contribution is -0.141. The number of nitrogens with one attached hydrogen (secondary N) is 2. The minimum absolute atomic E-state index is 0.0191. The average Bonchev–Trinajstić information content (AvgIpc) is 2.35. The number of carbonyl (C=O) groups excluding carboxylic acids is 1. The summed E-state index contributed by atoms with van der Waals surface area (Å²) in [6.45, 7) is 1.75. The molecule has 0 fully saturated rings. The molecule has 0 amide bonds. The lowest BCUT2D eigenvalue weighted by atomic mass is 10.2. The highest BCUT2D eigenvalue weighted by atomic mass is 16.5. The van der Waals surface area contributed by atoms with Crippen molar-refractivity contribution in [3.05, 3.63) is 20.8 Å². The molecule has 1 aromatic heterocycles. The van der Waals surface area contributed by atoms with Gasteiger partial charge in [0.15, 0.2) is 0 Å². The number of ether oxygens (including phenoxy) is 1. The van der Waals surface area contributed by atoms with Gasteiger partial charge in [-0.25, -0.2) is 9.59 Å². The maximum Gasteiger partial charge on any atom is 0.329 e. The summed E-state index contributed by atoms with van der Waals surface area (Å²) in [4.78, 5) is 36.4. The number of nitrogen functional groups attached to an aromatic ring is 1. The Morgan fingerprint density at radius 3 is 2.67 bits per heavy atom. The molecule has 0 saturated heterocycles. The first-order valence-corrected chi connectivity index (χ1v) is 5.35. The number of hydrogen-bond donors (Lipinski definition) is 3. The van der Waals surface area contributed by atoms with Crippen LogP contribution in [0.2, 0.25) is 0 Å². The zero-order valence-electron chi connectivity index (χ0n) is 10.4. The molecule has 1 rings (SSSR count). The van der Waals surface area contributed by atoms with Crippen LogP contribution in [0.15, 0.2) is 9.59 Å².